The maximum absolute atomic E-state index is 8.53. The van der Waals surface area contributed by atoms with Gasteiger partial charge in [-0.25, -0.2) is 0 Å². The van der Waals surface area contributed by atoms with E-state index in [0.29, 0.717) is 15.6 Å². The van der Waals surface area contributed by atoms with Gasteiger partial charge in [0.05, 0.1) is 16.1 Å². The van der Waals surface area contributed by atoms with Crippen molar-refractivity contribution in [2.24, 2.45) is 5.73 Å². The third kappa shape index (κ3) is 1.70. The Kier molecular flexibility index (Phi) is 2.93. The highest BCUT2D eigenvalue weighted by atomic mass is 35.5. The lowest BCUT2D eigenvalue weighted by Crippen LogP contribution is -2.07. The molecule has 1 aromatic rings. The van der Waals surface area contributed by atoms with Crippen molar-refractivity contribution in [2.45, 2.75) is 6.04 Å². The zero-order valence-corrected chi connectivity index (χ0v) is 7.60. The molecule has 0 spiro atoms. The summed E-state index contributed by atoms with van der Waals surface area (Å²) in [5, 5.41) is 9.30. The molecule has 1 aromatic carbocycles. The molecule has 12 heavy (non-hydrogen) atoms. The van der Waals surface area contributed by atoms with Crippen LogP contribution in [0.4, 0.5) is 0 Å². The van der Waals surface area contributed by atoms with Crippen LogP contribution < -0.4 is 5.73 Å². The lowest BCUT2D eigenvalue weighted by Gasteiger charge is -2.05. The molecule has 0 aliphatic heterocycles. The molecule has 1 atom stereocenters. The van der Waals surface area contributed by atoms with Gasteiger partial charge in [0.25, 0.3) is 0 Å². The van der Waals surface area contributed by atoms with Crippen LogP contribution in [0.1, 0.15) is 11.6 Å². The minimum absolute atomic E-state index is 0.355. The summed E-state index contributed by atoms with van der Waals surface area (Å²) in [7, 11) is 0. The SMILES string of the molecule is N#CC(N)c1cccc(Cl)c1Cl. The highest BCUT2D eigenvalue weighted by Gasteiger charge is 2.10. The number of benzene rings is 1. The largest absolute Gasteiger partial charge is 0.312 e. The Balaban J connectivity index is 3.18. The molecule has 0 saturated heterocycles. The molecular weight excluding hydrogens is 195 g/mol. The molecule has 0 aliphatic rings. The van der Waals surface area contributed by atoms with E-state index >= 15 is 0 Å². The maximum atomic E-state index is 8.53. The van der Waals surface area contributed by atoms with E-state index in [1.807, 2.05) is 6.07 Å². The van der Waals surface area contributed by atoms with Crippen molar-refractivity contribution in [1.29, 1.82) is 5.26 Å². The fourth-order valence-corrected chi connectivity index (χ4v) is 1.26. The quantitative estimate of drug-likeness (QED) is 0.758. The van der Waals surface area contributed by atoms with Crippen molar-refractivity contribution in [2.75, 3.05) is 0 Å². The first kappa shape index (κ1) is 9.34. The molecule has 1 rings (SSSR count). The molecule has 0 bridgehead atoms. The predicted molar refractivity (Wildman–Crippen MR) is 49.0 cm³/mol. The van der Waals surface area contributed by atoms with Crippen molar-refractivity contribution in [1.82, 2.24) is 0 Å². The molecule has 62 valence electrons. The summed E-state index contributed by atoms with van der Waals surface area (Å²) in [4.78, 5) is 0. The van der Waals surface area contributed by atoms with Gasteiger partial charge in [-0.3, -0.25) is 0 Å². The lowest BCUT2D eigenvalue weighted by atomic mass is 10.1. The molecule has 0 amide bonds. The molecule has 0 heterocycles. The Morgan fingerprint density at radius 2 is 2.08 bits per heavy atom. The molecule has 1 unspecified atom stereocenters. The molecule has 0 fully saturated rings. The van der Waals surface area contributed by atoms with E-state index in [9.17, 15) is 0 Å². The molecule has 2 N–H and O–H groups in total. The minimum Gasteiger partial charge on any atom is -0.312 e. The Morgan fingerprint density at radius 1 is 1.42 bits per heavy atom. The van der Waals surface area contributed by atoms with Crippen LogP contribution in [0.15, 0.2) is 18.2 Å². The zero-order valence-electron chi connectivity index (χ0n) is 6.09. The van der Waals surface area contributed by atoms with E-state index in [2.05, 4.69) is 0 Å². The van der Waals surface area contributed by atoms with Crippen LogP contribution in [0.25, 0.3) is 0 Å². The molecule has 0 aliphatic carbocycles. The van der Waals surface area contributed by atoms with Gasteiger partial charge in [-0.2, -0.15) is 5.26 Å². The van der Waals surface area contributed by atoms with E-state index in [-0.39, 0.29) is 0 Å². The first-order valence-corrected chi connectivity index (χ1v) is 4.01. The number of nitriles is 1. The van der Waals surface area contributed by atoms with Gasteiger partial charge in [0, 0.05) is 5.56 Å². The number of nitrogens with zero attached hydrogens (tertiary/aromatic N) is 1. The summed E-state index contributed by atoms with van der Waals surface area (Å²) in [5.41, 5.74) is 6.02. The van der Waals surface area contributed by atoms with Crippen molar-refractivity contribution in [3.05, 3.63) is 33.8 Å². The van der Waals surface area contributed by atoms with Gasteiger partial charge < -0.3 is 5.73 Å². The van der Waals surface area contributed by atoms with Gasteiger partial charge in [-0.1, -0.05) is 35.3 Å². The van der Waals surface area contributed by atoms with Crippen molar-refractivity contribution in [3.8, 4) is 6.07 Å². The highest BCUT2D eigenvalue weighted by Crippen LogP contribution is 2.28. The van der Waals surface area contributed by atoms with Crippen LogP contribution in [0, 0.1) is 11.3 Å². The van der Waals surface area contributed by atoms with E-state index in [1.165, 1.54) is 0 Å². The van der Waals surface area contributed by atoms with Crippen molar-refractivity contribution in [3.63, 3.8) is 0 Å². The third-order valence-electron chi connectivity index (χ3n) is 1.46. The van der Waals surface area contributed by atoms with Gasteiger partial charge in [0.2, 0.25) is 0 Å². The van der Waals surface area contributed by atoms with Gasteiger partial charge in [-0.05, 0) is 6.07 Å². The predicted octanol–water partition coefficient (Wildman–Crippen LogP) is 2.52. The fourth-order valence-electron chi connectivity index (χ4n) is 0.830. The minimum atomic E-state index is -0.712. The third-order valence-corrected chi connectivity index (χ3v) is 2.29. The van der Waals surface area contributed by atoms with E-state index in [1.54, 1.807) is 18.2 Å². The van der Waals surface area contributed by atoms with Crippen LogP contribution in [0.5, 0.6) is 0 Å². The number of hydrogen-bond donors (Lipinski definition) is 1. The molecule has 4 heteroatoms. The summed E-state index contributed by atoms with van der Waals surface area (Å²) in [5.74, 6) is 0. The lowest BCUT2D eigenvalue weighted by molar-refractivity contribution is 0.927. The summed E-state index contributed by atoms with van der Waals surface area (Å²) in [6, 6.07) is 6.21. The average Bonchev–Trinajstić information content (AvgIpc) is 2.08. The standard InChI is InChI=1S/C8H6Cl2N2/c9-6-3-1-2-5(8(6)10)7(12)4-11/h1-3,7H,12H2. The fraction of sp³-hybridized carbons (Fsp3) is 0.125. The first-order valence-electron chi connectivity index (χ1n) is 3.26. The monoisotopic (exact) mass is 200 g/mol. The number of rotatable bonds is 1. The van der Waals surface area contributed by atoms with Gasteiger partial charge in [0.15, 0.2) is 0 Å². The normalized spacial score (nSPS) is 12.2. The maximum Gasteiger partial charge on any atom is 0.120 e. The van der Waals surface area contributed by atoms with Gasteiger partial charge in [-0.15, -0.1) is 0 Å². The van der Waals surface area contributed by atoms with Crippen LogP contribution in [0.3, 0.4) is 0 Å². The van der Waals surface area contributed by atoms with E-state index in [4.69, 9.17) is 34.2 Å². The van der Waals surface area contributed by atoms with Crippen molar-refractivity contribution < 1.29 is 0 Å². The molecule has 0 saturated carbocycles. The summed E-state index contributed by atoms with van der Waals surface area (Å²) in [6.07, 6.45) is 0. The average molecular weight is 201 g/mol. The first-order chi connectivity index (χ1) is 5.66. The van der Waals surface area contributed by atoms with Gasteiger partial charge >= 0.3 is 0 Å². The van der Waals surface area contributed by atoms with Crippen LogP contribution in [-0.4, -0.2) is 0 Å². The Labute approximate surface area is 80.5 Å². The Bertz CT molecular complexity index is 330. The van der Waals surface area contributed by atoms with Crippen LogP contribution >= 0.6 is 23.2 Å². The van der Waals surface area contributed by atoms with E-state index in [0.717, 1.165) is 0 Å². The Morgan fingerprint density at radius 3 is 2.67 bits per heavy atom. The number of hydrogen-bond acceptors (Lipinski definition) is 2. The van der Waals surface area contributed by atoms with Crippen LogP contribution in [-0.2, 0) is 0 Å². The highest BCUT2D eigenvalue weighted by molar-refractivity contribution is 6.42. The van der Waals surface area contributed by atoms with Gasteiger partial charge in [0.1, 0.15) is 6.04 Å². The topological polar surface area (TPSA) is 49.8 Å². The number of halogens is 2. The van der Waals surface area contributed by atoms with Crippen LogP contribution in [0.2, 0.25) is 10.0 Å². The van der Waals surface area contributed by atoms with E-state index < -0.39 is 6.04 Å². The smallest absolute Gasteiger partial charge is 0.120 e. The number of nitrogens with two attached hydrogens (primary N) is 1. The molecular formula is C8H6Cl2N2. The second-order valence-electron chi connectivity index (χ2n) is 2.25. The summed E-state index contributed by atoms with van der Waals surface area (Å²) < 4.78 is 0. The zero-order chi connectivity index (χ0) is 9.14. The second kappa shape index (κ2) is 3.77. The summed E-state index contributed by atoms with van der Waals surface area (Å²) >= 11 is 11.5. The molecule has 0 radical (unpaired) electrons. The molecule has 2 nitrogen and oxygen atoms in total. The van der Waals surface area contributed by atoms with Crippen molar-refractivity contribution >= 4 is 23.2 Å². The Hall–Kier alpha value is -0.750. The summed E-state index contributed by atoms with van der Waals surface area (Å²) in [6.45, 7) is 0. The second-order valence-corrected chi connectivity index (χ2v) is 3.03. The molecule has 0 aromatic heterocycles.